The van der Waals surface area contributed by atoms with Crippen LogP contribution in [0.5, 0.6) is 0 Å². The molecule has 364 valence electrons. The number of carboxylic acid groups (broad SMARTS) is 1. The summed E-state index contributed by atoms with van der Waals surface area (Å²) in [6, 6.07) is 24.4. The largest absolute Gasteiger partial charge is 1.00 e. The number of hydrogen-bond acceptors (Lipinski definition) is 23. The van der Waals surface area contributed by atoms with E-state index >= 15 is 0 Å². The number of anilines is 4. The minimum atomic E-state index is -5.53. The molecule has 0 fully saturated rings. The van der Waals surface area contributed by atoms with Gasteiger partial charge in [-0.1, -0.05) is 48.5 Å². The van der Waals surface area contributed by atoms with Crippen molar-refractivity contribution >= 4 is 122 Å². The fourth-order valence-electron chi connectivity index (χ4n) is 7.18. The molecule has 0 bridgehead atoms. The number of allylic oxidation sites excluding steroid dienone is 4. The molecule has 2 aliphatic carbocycles. The Hall–Kier alpha value is -4.92. The Labute approximate surface area is 521 Å². The number of nitrogen functional groups attached to an aromatic ring is 2. The third-order valence-electron chi connectivity index (χ3n) is 10.8. The van der Waals surface area contributed by atoms with Crippen molar-refractivity contribution in [2.45, 2.75) is 16.7 Å². The zero-order chi connectivity index (χ0) is 51.9. The molecule has 0 radical (unpaired) electrons. The summed E-state index contributed by atoms with van der Waals surface area (Å²) in [5, 5.41) is 35.7. The fourth-order valence-corrected chi connectivity index (χ4v) is 9.14. The van der Waals surface area contributed by atoms with Crippen LogP contribution in [0.25, 0.3) is 28.0 Å². The monoisotopic (exact) mass is 1120 g/mol. The summed E-state index contributed by atoms with van der Waals surface area (Å²) >= 11 is 0. The zero-order valence-electron chi connectivity index (χ0n) is 40.5. The summed E-state index contributed by atoms with van der Waals surface area (Å²) in [7, 11) is -15.9. The molecule has 0 atom stereocenters. The van der Waals surface area contributed by atoms with Crippen LogP contribution in [0.3, 0.4) is 0 Å². The number of hydrazone groups is 2. The van der Waals surface area contributed by atoms with Crippen LogP contribution < -0.4 is 146 Å². The van der Waals surface area contributed by atoms with Gasteiger partial charge in [-0.2, -0.15) is 15.3 Å². The zero-order valence-corrected chi connectivity index (χ0v) is 50.9. The fraction of sp³-hybridized carbons (Fsp3) is 0.0217. The molecule has 8 rings (SSSR count). The van der Waals surface area contributed by atoms with Crippen molar-refractivity contribution in [2.24, 2.45) is 30.7 Å². The number of carbonyl (C=O) groups is 3. The first-order valence-corrected chi connectivity index (χ1v) is 24.6. The third-order valence-corrected chi connectivity index (χ3v) is 13.4. The molecular weight excluding hydrogens is 1090 g/mol. The van der Waals surface area contributed by atoms with Crippen LogP contribution in [-0.2, 0) is 39.9 Å². The smallest absolute Gasteiger partial charge is 0.744 e. The van der Waals surface area contributed by atoms with Gasteiger partial charge in [0.25, 0.3) is 0 Å². The summed E-state index contributed by atoms with van der Waals surface area (Å²) in [5.41, 5.74) is 17.6. The number of azo groups is 2. The molecule has 0 saturated heterocycles. The first-order valence-electron chi connectivity index (χ1n) is 20.4. The van der Waals surface area contributed by atoms with Crippen molar-refractivity contribution in [2.75, 3.05) is 22.3 Å². The van der Waals surface area contributed by atoms with Gasteiger partial charge >= 0.3 is 118 Å². The molecule has 0 aromatic heterocycles. The average Bonchev–Trinajstić information content (AvgIpc) is 3.33. The maximum atomic E-state index is 14.0. The van der Waals surface area contributed by atoms with Gasteiger partial charge in [-0.15, -0.1) is 15.3 Å². The first kappa shape index (κ1) is 63.6. The average molecular weight is 1120 g/mol. The van der Waals surface area contributed by atoms with E-state index < -0.39 is 90.7 Å². The minimum Gasteiger partial charge on any atom is -0.744 e. The van der Waals surface area contributed by atoms with Crippen molar-refractivity contribution in [3.8, 4) is 11.1 Å². The predicted octanol–water partition coefficient (Wildman–Crippen LogP) is -6.23. The number of nitrogens with one attached hydrogen (secondary N) is 2. The van der Waals surface area contributed by atoms with E-state index in [9.17, 15) is 58.4 Å². The second-order valence-electron chi connectivity index (χ2n) is 15.4. The number of carbonyl (C=O) groups excluding carboxylic acids is 3. The summed E-state index contributed by atoms with van der Waals surface area (Å²) < 4.78 is 111. The van der Waals surface area contributed by atoms with E-state index in [1.165, 1.54) is 36.4 Å². The Morgan fingerprint density at radius 1 is 0.605 bits per heavy atom. The van der Waals surface area contributed by atoms with Crippen molar-refractivity contribution in [1.82, 2.24) is 0 Å². The molecule has 6 aromatic rings. The molecule has 6 N–H and O–H groups in total. The van der Waals surface area contributed by atoms with Crippen molar-refractivity contribution < 1.29 is 177 Å². The predicted molar refractivity (Wildman–Crippen MR) is 258 cm³/mol. The van der Waals surface area contributed by atoms with E-state index in [1.807, 2.05) is 0 Å². The molecule has 0 amide bonds. The van der Waals surface area contributed by atoms with Gasteiger partial charge in [0.05, 0.1) is 54.8 Å². The number of hydrogen-bond donors (Lipinski definition) is 4. The van der Waals surface area contributed by atoms with Gasteiger partial charge in [0.1, 0.15) is 53.1 Å². The Bertz CT molecular complexity index is 3950. The molecule has 0 aliphatic heterocycles. The molecular formula is C46H30N10Na4O13S3. The summed E-state index contributed by atoms with van der Waals surface area (Å²) in [6.07, 6.45) is 4.18. The molecule has 0 saturated carbocycles. The van der Waals surface area contributed by atoms with Gasteiger partial charge < -0.3 is 35.0 Å². The standard InChI is InChI=1S/C46H34N10O13S3.4Na/c1-23-18-36(42(48)44(41(23)47)56-50-28-12-8-25(9-13-28)24-6-10-27(11-7-24)49-51-29-14-16-37(57)33(21-29)46(59)60)54-53-35-22-32-26(19-39(35)71(64,65)66)20-40(72(67,68)69)43(45(32)58)55-52-34-15-17-38(70(61,62)63)31-5-3-2-4-30(31)34;;;;/h2-22,49,52H,47-48H2,1H3,(H,59,60)(H,61,62,63)(H,64,65,66)(H,67,68,69);;;;/q;4*+1/p-4/b51-29-,54-53?,55-43-,56-50?;;;;. The Morgan fingerprint density at radius 2 is 1.21 bits per heavy atom. The van der Waals surface area contributed by atoms with E-state index in [2.05, 4.69) is 41.5 Å². The SMILES string of the molecule is Cc1cc(N=Nc2cc3c(cc2S(=O)(=O)[O-])C=C(S(=O)(=O)[O-])/C(=N/Nc2ccc(S(=O)(=O)[O-])c4ccccc24)C3=O)c(N)c(N=Nc2ccc(-c3ccc(N/N=C4/C=CC(=O)C(C(=O)[O-])=C4)cc3)cc2)c1N.[Na+].[Na+].[Na+].[Na+]. The van der Waals surface area contributed by atoms with Gasteiger partial charge in [0.2, 0.25) is 5.78 Å². The molecule has 30 heteroatoms. The molecule has 0 heterocycles. The quantitative estimate of drug-likeness (QED) is 0.0159. The number of carboxylic acids is 1. The number of nitrogens with zero attached hydrogens (tertiary/aromatic N) is 6. The Morgan fingerprint density at radius 3 is 1.82 bits per heavy atom. The van der Waals surface area contributed by atoms with Crippen molar-refractivity contribution in [3.05, 3.63) is 149 Å². The van der Waals surface area contributed by atoms with Crippen molar-refractivity contribution in [1.29, 1.82) is 0 Å². The van der Waals surface area contributed by atoms with Crippen LogP contribution in [-0.4, -0.2) is 67.9 Å². The van der Waals surface area contributed by atoms with Crippen LogP contribution in [0, 0.1) is 6.92 Å². The van der Waals surface area contributed by atoms with Crippen LogP contribution >= 0.6 is 0 Å². The van der Waals surface area contributed by atoms with Gasteiger partial charge in [0.15, 0.2) is 5.78 Å². The van der Waals surface area contributed by atoms with Gasteiger partial charge in [0, 0.05) is 21.9 Å². The number of nitrogens with two attached hydrogens (primary N) is 2. The van der Waals surface area contributed by atoms with E-state index in [0.717, 1.165) is 41.5 Å². The van der Waals surface area contributed by atoms with E-state index in [4.69, 9.17) is 11.5 Å². The summed E-state index contributed by atoms with van der Waals surface area (Å²) in [4.78, 5) is 34.0. The minimum absolute atomic E-state index is 0. The number of fused-ring (bicyclic) bond motifs is 2. The van der Waals surface area contributed by atoms with Gasteiger partial charge in [-0.25, -0.2) is 25.3 Å². The number of Topliss-reactive ketones (excluding diaryl/α,β-unsaturated/α-hetero) is 1. The Balaban J connectivity index is 0.00000312. The number of aliphatic carboxylic acids is 1. The van der Waals surface area contributed by atoms with E-state index in [0.29, 0.717) is 29.1 Å². The van der Waals surface area contributed by atoms with Crippen LogP contribution in [0.1, 0.15) is 21.5 Å². The molecule has 76 heavy (non-hydrogen) atoms. The molecule has 0 unspecified atom stereocenters. The summed E-state index contributed by atoms with van der Waals surface area (Å²) in [6.45, 7) is 1.57. The van der Waals surface area contributed by atoms with E-state index in [-0.39, 0.29) is 163 Å². The normalized spacial score (nSPS) is 14.5. The van der Waals surface area contributed by atoms with Crippen molar-refractivity contribution in [3.63, 3.8) is 0 Å². The maximum Gasteiger partial charge on any atom is 1.00 e. The third kappa shape index (κ3) is 14.2. The van der Waals surface area contributed by atoms with Gasteiger partial charge in [-0.3, -0.25) is 20.4 Å². The van der Waals surface area contributed by atoms with Crippen LogP contribution in [0.4, 0.5) is 45.5 Å². The number of ketones is 2. The second-order valence-corrected chi connectivity index (χ2v) is 19.5. The second kappa shape index (κ2) is 25.7. The first-order chi connectivity index (χ1) is 34.0. The van der Waals surface area contributed by atoms with E-state index in [1.54, 1.807) is 55.5 Å². The number of benzene rings is 6. The molecule has 2 aliphatic rings. The molecule has 0 spiro atoms. The van der Waals surface area contributed by atoms with Crippen LogP contribution in [0.2, 0.25) is 0 Å². The number of rotatable bonds is 13. The maximum absolute atomic E-state index is 14.0. The Kier molecular flexibility index (Phi) is 21.5. The molecule has 23 nitrogen and oxygen atoms in total. The number of aryl methyl sites for hydroxylation is 1. The summed E-state index contributed by atoms with van der Waals surface area (Å²) in [5.74, 6) is -3.55. The topological polar surface area (TPSA) is 396 Å². The molecule has 6 aromatic carbocycles. The van der Waals surface area contributed by atoms with Gasteiger partial charge in [-0.05, 0) is 108 Å². The van der Waals surface area contributed by atoms with Crippen LogP contribution in [0.15, 0.2) is 172 Å².